The molecular formula is C25H35IN4O3. The number of benzene rings is 1. The summed E-state index contributed by atoms with van der Waals surface area (Å²) in [6, 6.07) is 6.16. The Bertz CT molecular complexity index is 882. The molecular weight excluding hydrogens is 531 g/mol. The number of amides is 2. The Morgan fingerprint density at radius 1 is 1.03 bits per heavy atom. The van der Waals surface area contributed by atoms with E-state index in [1.54, 1.807) is 7.05 Å². The third-order valence-corrected chi connectivity index (χ3v) is 6.90. The van der Waals surface area contributed by atoms with Crippen LogP contribution in [0.25, 0.3) is 0 Å². The summed E-state index contributed by atoms with van der Waals surface area (Å²) in [5.41, 5.74) is 2.30. The van der Waals surface area contributed by atoms with Crippen LogP contribution < -0.4 is 15.4 Å². The molecule has 1 aromatic rings. The number of carbonyl (C=O) groups is 2. The van der Waals surface area contributed by atoms with Crippen molar-refractivity contribution in [3.8, 4) is 5.75 Å². The lowest BCUT2D eigenvalue weighted by molar-refractivity contribution is -0.140. The summed E-state index contributed by atoms with van der Waals surface area (Å²) in [4.78, 5) is 31.2. The lowest BCUT2D eigenvalue weighted by Gasteiger charge is -2.18. The number of ether oxygens (including phenoxy) is 1. The molecule has 1 aromatic carbocycles. The maximum Gasteiger partial charge on any atom is 0.233 e. The lowest BCUT2D eigenvalue weighted by Crippen LogP contribution is -2.40. The van der Waals surface area contributed by atoms with E-state index in [4.69, 9.17) is 4.74 Å². The molecule has 4 atom stereocenters. The first-order valence-electron chi connectivity index (χ1n) is 11.7. The van der Waals surface area contributed by atoms with Crippen molar-refractivity contribution in [3.05, 3.63) is 41.5 Å². The number of hydrogen-bond acceptors (Lipinski definition) is 4. The Balaban J connectivity index is 0.00000306. The van der Waals surface area contributed by atoms with E-state index in [1.807, 2.05) is 6.07 Å². The number of nitrogens with zero attached hydrogens (tertiary/aromatic N) is 2. The number of guanidine groups is 1. The van der Waals surface area contributed by atoms with Gasteiger partial charge in [-0.25, -0.2) is 0 Å². The molecule has 0 aromatic heterocycles. The molecule has 2 aliphatic carbocycles. The van der Waals surface area contributed by atoms with Gasteiger partial charge in [0, 0.05) is 26.7 Å². The summed E-state index contributed by atoms with van der Waals surface area (Å²) in [7, 11) is 1.74. The summed E-state index contributed by atoms with van der Waals surface area (Å²) >= 11 is 0. The molecule has 1 heterocycles. The predicted octanol–water partition coefficient (Wildman–Crippen LogP) is 3.05. The Morgan fingerprint density at radius 3 is 2.18 bits per heavy atom. The second-order valence-corrected chi connectivity index (χ2v) is 9.03. The zero-order valence-corrected chi connectivity index (χ0v) is 22.0. The molecule has 0 spiro atoms. The number of halogens is 1. The van der Waals surface area contributed by atoms with Crippen molar-refractivity contribution in [2.45, 2.75) is 33.1 Å². The van der Waals surface area contributed by atoms with E-state index in [0.717, 1.165) is 42.2 Å². The largest absolute Gasteiger partial charge is 0.493 e. The summed E-state index contributed by atoms with van der Waals surface area (Å²) in [6.07, 6.45) is 6.79. The van der Waals surface area contributed by atoms with Crippen LogP contribution >= 0.6 is 24.0 Å². The van der Waals surface area contributed by atoms with Crippen LogP contribution in [0.5, 0.6) is 5.75 Å². The molecule has 33 heavy (non-hydrogen) atoms. The molecule has 4 unspecified atom stereocenters. The van der Waals surface area contributed by atoms with Crippen molar-refractivity contribution in [2.75, 3.05) is 33.3 Å². The molecule has 3 aliphatic rings. The quantitative estimate of drug-likeness (QED) is 0.120. The van der Waals surface area contributed by atoms with Crippen LogP contribution in [-0.2, 0) is 9.59 Å². The lowest BCUT2D eigenvalue weighted by atomic mass is 9.85. The van der Waals surface area contributed by atoms with Crippen LogP contribution in [0.15, 0.2) is 35.3 Å². The van der Waals surface area contributed by atoms with Crippen LogP contribution in [0.1, 0.15) is 30.4 Å². The summed E-state index contributed by atoms with van der Waals surface area (Å²) in [6.45, 7) is 6.61. The van der Waals surface area contributed by atoms with Crippen molar-refractivity contribution >= 4 is 41.8 Å². The minimum atomic E-state index is -0.106. The van der Waals surface area contributed by atoms with Gasteiger partial charge in [0.25, 0.3) is 0 Å². The second kappa shape index (κ2) is 11.4. The van der Waals surface area contributed by atoms with Crippen molar-refractivity contribution in [1.82, 2.24) is 15.5 Å². The monoisotopic (exact) mass is 566 g/mol. The number of hydrogen-bond donors (Lipinski definition) is 2. The number of allylic oxidation sites excluding steroid dienone is 2. The minimum absolute atomic E-state index is 0. The average Bonchev–Trinajstić information content (AvgIpc) is 3.46. The fourth-order valence-electron chi connectivity index (χ4n) is 5.33. The zero-order chi connectivity index (χ0) is 22.7. The number of aliphatic imine (C=N–C) groups is 1. The van der Waals surface area contributed by atoms with Crippen LogP contribution in [0.3, 0.4) is 0 Å². The Kier molecular flexibility index (Phi) is 8.78. The molecule has 1 saturated heterocycles. The minimum Gasteiger partial charge on any atom is -0.493 e. The smallest absolute Gasteiger partial charge is 0.233 e. The topological polar surface area (TPSA) is 83.0 Å². The van der Waals surface area contributed by atoms with Gasteiger partial charge in [0.05, 0.1) is 18.4 Å². The fourth-order valence-corrected chi connectivity index (χ4v) is 5.33. The highest BCUT2D eigenvalue weighted by atomic mass is 127. The van der Waals surface area contributed by atoms with Crippen molar-refractivity contribution in [3.63, 3.8) is 0 Å². The predicted molar refractivity (Wildman–Crippen MR) is 140 cm³/mol. The fraction of sp³-hybridized carbons (Fsp3) is 0.560. The van der Waals surface area contributed by atoms with Gasteiger partial charge in [-0.3, -0.25) is 19.5 Å². The van der Waals surface area contributed by atoms with Gasteiger partial charge in [0.15, 0.2) is 5.96 Å². The summed E-state index contributed by atoms with van der Waals surface area (Å²) in [5, 5.41) is 6.55. The van der Waals surface area contributed by atoms with Crippen molar-refractivity contribution in [1.29, 1.82) is 0 Å². The number of para-hydroxylation sites is 1. The first-order chi connectivity index (χ1) is 15.5. The zero-order valence-electron chi connectivity index (χ0n) is 19.7. The number of aryl methyl sites for hydroxylation is 2. The highest BCUT2D eigenvalue weighted by Crippen LogP contribution is 2.52. The Labute approximate surface area is 213 Å². The molecule has 2 fully saturated rings. The van der Waals surface area contributed by atoms with Gasteiger partial charge < -0.3 is 15.4 Å². The molecule has 2 amide bonds. The maximum absolute atomic E-state index is 12.7. The molecule has 8 heteroatoms. The third-order valence-electron chi connectivity index (χ3n) is 6.90. The van der Waals surface area contributed by atoms with Gasteiger partial charge in [-0.15, -0.1) is 24.0 Å². The number of likely N-dealkylation sites (tertiary alicyclic amines) is 1. The van der Waals surface area contributed by atoms with Gasteiger partial charge in [0.1, 0.15) is 5.75 Å². The van der Waals surface area contributed by atoms with Crippen molar-refractivity contribution in [2.24, 2.45) is 28.7 Å². The van der Waals surface area contributed by atoms with E-state index < -0.39 is 0 Å². The first-order valence-corrected chi connectivity index (χ1v) is 11.7. The van der Waals surface area contributed by atoms with Crippen LogP contribution in [-0.4, -0.2) is 56.0 Å². The number of fused-ring (bicyclic) bond motifs is 5. The molecule has 4 rings (SSSR count). The summed E-state index contributed by atoms with van der Waals surface area (Å²) in [5.74, 6) is 2.07. The number of carbonyl (C=O) groups excluding carboxylic acids is 2. The molecule has 1 saturated carbocycles. The third kappa shape index (κ3) is 5.36. The van der Waals surface area contributed by atoms with Gasteiger partial charge in [-0.1, -0.05) is 30.4 Å². The van der Waals surface area contributed by atoms with E-state index in [9.17, 15) is 9.59 Å². The maximum atomic E-state index is 12.7. The molecule has 2 bridgehead atoms. The van der Waals surface area contributed by atoms with Gasteiger partial charge >= 0.3 is 0 Å². The van der Waals surface area contributed by atoms with E-state index in [2.05, 4.69) is 53.8 Å². The normalized spacial score (nSPS) is 25.3. The Morgan fingerprint density at radius 2 is 1.61 bits per heavy atom. The van der Waals surface area contributed by atoms with E-state index in [0.29, 0.717) is 26.1 Å². The Hall–Kier alpha value is -2.10. The molecule has 7 nitrogen and oxygen atoms in total. The number of imide groups is 1. The van der Waals surface area contributed by atoms with Gasteiger partial charge in [0.2, 0.25) is 11.8 Å². The van der Waals surface area contributed by atoms with Gasteiger partial charge in [-0.2, -0.15) is 0 Å². The number of rotatable bonds is 9. The first kappa shape index (κ1) is 25.5. The molecule has 2 N–H and O–H groups in total. The van der Waals surface area contributed by atoms with Crippen LogP contribution in [0.2, 0.25) is 0 Å². The summed E-state index contributed by atoms with van der Waals surface area (Å²) < 4.78 is 5.94. The molecule has 1 aliphatic heterocycles. The van der Waals surface area contributed by atoms with E-state index in [1.165, 1.54) is 4.90 Å². The molecule has 0 radical (unpaired) electrons. The molecule has 180 valence electrons. The highest BCUT2D eigenvalue weighted by Gasteiger charge is 2.58. The standard InChI is InChI=1S/C25H34N4O3.HI/c1-16-7-4-8-17(2)22(16)32-14-6-12-28-25(26-3)27-11-5-13-29-23(30)20-18-9-10-19(15-18)21(20)24(29)31;/h4,7-10,18-21H,5-6,11-15H2,1-3H3,(H2,26,27,28);1H. The van der Waals surface area contributed by atoms with Crippen LogP contribution in [0.4, 0.5) is 0 Å². The van der Waals surface area contributed by atoms with Gasteiger partial charge in [-0.05, 0) is 56.1 Å². The highest BCUT2D eigenvalue weighted by molar-refractivity contribution is 14.0. The van der Waals surface area contributed by atoms with Crippen molar-refractivity contribution < 1.29 is 14.3 Å². The van der Waals surface area contributed by atoms with Crippen LogP contribution in [0, 0.1) is 37.5 Å². The van der Waals surface area contributed by atoms with E-state index in [-0.39, 0.29) is 59.5 Å². The second-order valence-electron chi connectivity index (χ2n) is 9.03. The van der Waals surface area contributed by atoms with E-state index >= 15 is 0 Å². The SMILES string of the molecule is CN=C(NCCCOc1c(C)cccc1C)NCCCN1C(=O)C2C3C=CC(C3)C2C1=O.I. The average molecular weight is 566 g/mol. The number of nitrogens with one attached hydrogen (secondary N) is 2.